The molecule has 0 amide bonds. The van der Waals surface area contributed by atoms with E-state index in [9.17, 15) is 0 Å². The maximum atomic E-state index is 6.35. The smallest absolute Gasteiger partial charge is 0.0965 e. The van der Waals surface area contributed by atoms with Crippen LogP contribution in [-0.4, -0.2) is 9.97 Å². The Morgan fingerprint density at radius 3 is 1.81 bits per heavy atom. The first-order valence-electron chi connectivity index (χ1n) is 19.4. The Kier molecular flexibility index (Phi) is 6.71. The molecule has 0 saturated carbocycles. The third-order valence-corrected chi connectivity index (χ3v) is 12.8. The van der Waals surface area contributed by atoms with Crippen LogP contribution in [0.4, 0.5) is 0 Å². The van der Waals surface area contributed by atoms with Crippen LogP contribution in [0.1, 0.15) is 33.4 Å². The number of hydrogen-bond donors (Lipinski definition) is 0. The molecule has 2 aromatic heterocycles. The zero-order valence-electron chi connectivity index (χ0n) is 31.1. The molecule has 2 aliphatic rings. The first-order chi connectivity index (χ1) is 28.0. The van der Waals surface area contributed by atoms with Crippen molar-refractivity contribution in [3.05, 3.63) is 209 Å². The largest absolute Gasteiger partial charge is 0.253 e. The van der Waals surface area contributed by atoms with Gasteiger partial charge in [0.2, 0.25) is 0 Å². The molecule has 8 aromatic carbocycles. The Morgan fingerprint density at radius 2 is 1.09 bits per heavy atom. The summed E-state index contributed by atoms with van der Waals surface area (Å²) in [6.07, 6.45) is 9.87. The van der Waals surface area contributed by atoms with Gasteiger partial charge in [0, 0.05) is 28.7 Å². The predicted octanol–water partition coefficient (Wildman–Crippen LogP) is 14.4. The van der Waals surface area contributed by atoms with Crippen molar-refractivity contribution < 1.29 is 0 Å². The van der Waals surface area contributed by atoms with Gasteiger partial charge in [-0.25, -0.2) is 0 Å². The van der Waals surface area contributed by atoms with Crippen molar-refractivity contribution in [3.8, 4) is 33.4 Å². The molecule has 1 unspecified atom stereocenters. The average molecular weight is 745 g/mol. The fourth-order valence-electron chi connectivity index (χ4n) is 10.1. The highest BCUT2D eigenvalue weighted by atomic mass is 35.5. The number of fused-ring (bicyclic) bond motifs is 16. The van der Waals surface area contributed by atoms with Crippen LogP contribution in [0.2, 0.25) is 5.02 Å². The minimum absolute atomic E-state index is 0.587. The maximum absolute atomic E-state index is 6.35. The van der Waals surface area contributed by atoms with Gasteiger partial charge in [0.05, 0.1) is 21.5 Å². The summed E-state index contributed by atoms with van der Waals surface area (Å²) in [6, 6.07) is 52.2. The molecule has 3 heteroatoms. The second-order valence-corrected chi connectivity index (χ2v) is 16.0. The summed E-state index contributed by atoms with van der Waals surface area (Å²) in [5.41, 5.74) is 16.2. The highest BCUT2D eigenvalue weighted by Crippen LogP contribution is 2.66. The minimum atomic E-state index is -0.587. The summed E-state index contributed by atoms with van der Waals surface area (Å²) in [5.74, 6) is 0. The predicted molar refractivity (Wildman–Crippen MR) is 240 cm³/mol. The molecule has 10 aromatic rings. The van der Waals surface area contributed by atoms with Crippen molar-refractivity contribution in [2.45, 2.75) is 12.3 Å². The number of pyridine rings is 2. The summed E-state index contributed by atoms with van der Waals surface area (Å²) in [4.78, 5) is 9.89. The molecule has 12 rings (SSSR count). The van der Waals surface area contributed by atoms with E-state index in [4.69, 9.17) is 21.6 Å². The first kappa shape index (κ1) is 32.4. The molecule has 0 aliphatic heterocycles. The quantitative estimate of drug-likeness (QED) is 0.133. The van der Waals surface area contributed by atoms with E-state index in [0.717, 1.165) is 27.4 Å². The van der Waals surface area contributed by atoms with Crippen molar-refractivity contribution >= 4 is 71.8 Å². The van der Waals surface area contributed by atoms with Crippen LogP contribution < -0.4 is 0 Å². The van der Waals surface area contributed by atoms with E-state index >= 15 is 0 Å². The van der Waals surface area contributed by atoms with Gasteiger partial charge in [-0.1, -0.05) is 127 Å². The molecule has 0 fully saturated rings. The normalized spacial score (nSPS) is 15.3. The zero-order valence-corrected chi connectivity index (χ0v) is 31.9. The van der Waals surface area contributed by atoms with Crippen LogP contribution in [0.3, 0.4) is 0 Å². The molecule has 0 bridgehead atoms. The number of benzene rings is 8. The average Bonchev–Trinajstić information content (AvgIpc) is 3.67. The molecule has 57 heavy (non-hydrogen) atoms. The number of rotatable bonds is 3. The summed E-state index contributed by atoms with van der Waals surface area (Å²) in [5, 5.41) is 9.99. The van der Waals surface area contributed by atoms with E-state index in [0.29, 0.717) is 5.02 Å². The Labute approximate surface area is 335 Å². The third-order valence-electron chi connectivity index (χ3n) is 12.6. The van der Waals surface area contributed by atoms with Gasteiger partial charge in [-0.05, 0) is 149 Å². The maximum Gasteiger partial charge on any atom is 0.0965 e. The molecule has 0 saturated heterocycles. The zero-order chi connectivity index (χ0) is 38.0. The highest BCUT2D eigenvalue weighted by Gasteiger charge is 2.53. The van der Waals surface area contributed by atoms with Crippen molar-refractivity contribution in [3.63, 3.8) is 0 Å². The second kappa shape index (κ2) is 11.8. The van der Waals surface area contributed by atoms with E-state index in [1.807, 2.05) is 18.2 Å². The Balaban J connectivity index is 1.27. The lowest BCUT2D eigenvalue weighted by molar-refractivity contribution is 0.797. The fourth-order valence-corrected chi connectivity index (χ4v) is 10.3. The Morgan fingerprint density at radius 1 is 0.526 bits per heavy atom. The summed E-state index contributed by atoms with van der Waals surface area (Å²) in [6.45, 7) is 6.23. The van der Waals surface area contributed by atoms with Crippen LogP contribution in [0.15, 0.2) is 171 Å². The van der Waals surface area contributed by atoms with E-state index in [1.54, 1.807) is 6.20 Å². The van der Waals surface area contributed by atoms with Crippen LogP contribution in [0.5, 0.6) is 0 Å². The van der Waals surface area contributed by atoms with E-state index in [1.165, 1.54) is 93.5 Å². The fraction of sp³-hybridized carbons (Fsp3) is 0.0370. The number of halogens is 1. The minimum Gasteiger partial charge on any atom is -0.253 e. The van der Waals surface area contributed by atoms with E-state index in [-0.39, 0.29) is 0 Å². The van der Waals surface area contributed by atoms with Crippen LogP contribution in [0.25, 0.3) is 93.6 Å². The number of allylic oxidation sites excluding steroid dienone is 2. The molecule has 0 radical (unpaired) electrons. The van der Waals surface area contributed by atoms with Crippen molar-refractivity contribution in [1.29, 1.82) is 0 Å². The standard InChI is InChI=1S/C54H33ClN2/c1-3-4-11-32-25-46-43(20-31(32)2)44-23-33-12-5-7-14-35(33)26-47(44)54(46)48-27-36-15-8-6-13-34(36)24-45(48)51-49(54)28-37-16-9-10-17-42(37)50(51)40-21-38-18-19-39-22-41(55)30-57-53(39)52(38)56-29-40/h3-30H,1H2,2H3/b11-4-. The van der Waals surface area contributed by atoms with Gasteiger partial charge in [0.1, 0.15) is 0 Å². The summed E-state index contributed by atoms with van der Waals surface area (Å²) in [7, 11) is 0. The lowest BCUT2D eigenvalue weighted by atomic mass is 9.69. The second-order valence-electron chi connectivity index (χ2n) is 15.6. The van der Waals surface area contributed by atoms with Gasteiger partial charge >= 0.3 is 0 Å². The molecule has 0 N–H and O–H groups in total. The van der Waals surface area contributed by atoms with Crippen molar-refractivity contribution in [1.82, 2.24) is 9.97 Å². The van der Waals surface area contributed by atoms with Gasteiger partial charge in [-0.2, -0.15) is 0 Å². The molecule has 1 spiro atoms. The van der Waals surface area contributed by atoms with Crippen LogP contribution in [-0.2, 0) is 5.41 Å². The summed E-state index contributed by atoms with van der Waals surface area (Å²) < 4.78 is 0. The highest BCUT2D eigenvalue weighted by molar-refractivity contribution is 6.31. The number of nitrogens with zero attached hydrogens (tertiary/aromatic N) is 2. The van der Waals surface area contributed by atoms with Gasteiger partial charge in [0.25, 0.3) is 0 Å². The molecule has 266 valence electrons. The monoisotopic (exact) mass is 744 g/mol. The molecule has 1 atom stereocenters. The number of aryl methyl sites for hydroxylation is 1. The van der Waals surface area contributed by atoms with E-state index < -0.39 is 5.41 Å². The van der Waals surface area contributed by atoms with Crippen LogP contribution >= 0.6 is 11.6 Å². The summed E-state index contributed by atoms with van der Waals surface area (Å²) >= 11 is 6.35. The molecule has 2 heterocycles. The van der Waals surface area contributed by atoms with Crippen molar-refractivity contribution in [2.24, 2.45) is 0 Å². The van der Waals surface area contributed by atoms with Gasteiger partial charge in [-0.3, -0.25) is 9.97 Å². The lowest BCUT2D eigenvalue weighted by Gasteiger charge is -2.32. The van der Waals surface area contributed by atoms with Gasteiger partial charge < -0.3 is 0 Å². The van der Waals surface area contributed by atoms with Crippen molar-refractivity contribution in [2.75, 3.05) is 0 Å². The van der Waals surface area contributed by atoms with E-state index in [2.05, 4.69) is 159 Å². The molecular formula is C54H33ClN2. The molecule has 2 aliphatic carbocycles. The molecular weight excluding hydrogens is 712 g/mol. The first-order valence-corrected chi connectivity index (χ1v) is 19.8. The lowest BCUT2D eigenvalue weighted by Crippen LogP contribution is -2.26. The Bertz CT molecular complexity index is 3470. The SMILES string of the molecule is C=C/C=C\c1cc2c(cc1C)-c1cc3ccccc3cc1C21c2cc3ccccc3cc2-c2c1cc1ccccc1c2-c1cnc2c(ccc3cc(Cl)cnc32)c1. The topological polar surface area (TPSA) is 25.8 Å². The van der Waals surface area contributed by atoms with Gasteiger partial charge in [0.15, 0.2) is 0 Å². The molecule has 2 nitrogen and oxygen atoms in total. The van der Waals surface area contributed by atoms with Crippen LogP contribution in [0, 0.1) is 6.92 Å². The Hall–Kier alpha value is -6.87. The number of aromatic nitrogens is 2. The van der Waals surface area contributed by atoms with Gasteiger partial charge in [-0.15, -0.1) is 0 Å². The third kappa shape index (κ3) is 4.42. The number of hydrogen-bond acceptors (Lipinski definition) is 2.